The summed E-state index contributed by atoms with van der Waals surface area (Å²) < 4.78 is 0. The van der Waals surface area contributed by atoms with Gasteiger partial charge in [0.05, 0.1) is 0 Å². The van der Waals surface area contributed by atoms with Gasteiger partial charge in [-0.3, -0.25) is 0 Å². The van der Waals surface area contributed by atoms with Gasteiger partial charge in [0.1, 0.15) is 0 Å². The van der Waals surface area contributed by atoms with E-state index in [1.165, 1.54) is 0 Å². The van der Waals surface area contributed by atoms with Gasteiger partial charge in [0.15, 0.2) is 0 Å². The molecule has 4 atom stereocenters. The molecule has 1 rings (SSSR count). The average Bonchev–Trinajstić information content (AvgIpc) is 2.41. The van der Waals surface area contributed by atoms with E-state index in [1.54, 1.807) is 0 Å². The Bertz CT molecular complexity index is 280. The quantitative estimate of drug-likeness (QED) is 0.480. The summed E-state index contributed by atoms with van der Waals surface area (Å²) in [6.07, 6.45) is 0. The number of rotatable bonds is 2. The van der Waals surface area contributed by atoms with Crippen LogP contribution < -0.4 is 0 Å². The van der Waals surface area contributed by atoms with Crippen LogP contribution >= 0.6 is 18.6 Å². The summed E-state index contributed by atoms with van der Waals surface area (Å²) in [5.74, 6) is 3.40. The Morgan fingerprint density at radius 1 is 0.850 bits per heavy atom. The molecular formula is C15H32Cl2NSiTi-. The first-order valence-corrected chi connectivity index (χ1v) is 14.9. The van der Waals surface area contributed by atoms with Crippen LogP contribution in [-0.2, 0) is 17.0 Å². The molecule has 0 aromatic heterocycles. The molecule has 20 heavy (non-hydrogen) atoms. The molecule has 0 heterocycles. The van der Waals surface area contributed by atoms with Crippen molar-refractivity contribution in [3.63, 3.8) is 0 Å². The van der Waals surface area contributed by atoms with Crippen molar-refractivity contribution in [1.29, 1.82) is 0 Å². The molecule has 1 saturated carbocycles. The summed E-state index contributed by atoms with van der Waals surface area (Å²) in [5.41, 5.74) is 0.983. The van der Waals surface area contributed by atoms with Gasteiger partial charge in [-0.15, -0.1) is 5.54 Å². The number of nitrogens with zero attached hydrogens (tertiary/aromatic N) is 1. The fourth-order valence-corrected chi connectivity index (χ4v) is 9.37. The normalized spacial score (nSPS) is 34.5. The molecule has 0 aromatic rings. The standard InChI is InChI=1S/C15H32NSi.2ClH.Ti/c1-10-11(2)13(4)14(12(10)3)17(8,9)16-15(5,6)7;;;/h10-14H,1-9H3;2*1H;/q-1;;;+2/p-2. The first kappa shape index (κ1) is 21.5. The second kappa shape index (κ2) is 8.36. The Kier molecular flexibility index (Phi) is 8.97. The summed E-state index contributed by atoms with van der Waals surface area (Å²) in [4.78, 5) is 5.23. The van der Waals surface area contributed by atoms with Crippen LogP contribution in [0.1, 0.15) is 48.5 Å². The van der Waals surface area contributed by atoms with Gasteiger partial charge in [0, 0.05) is 0 Å². The van der Waals surface area contributed by atoms with E-state index in [-0.39, 0.29) is 5.54 Å². The topological polar surface area (TPSA) is 14.1 Å². The molecule has 5 heteroatoms. The number of hydrogen-bond donors (Lipinski definition) is 0. The second-order valence-electron chi connectivity index (χ2n) is 7.97. The van der Waals surface area contributed by atoms with Crippen LogP contribution in [0.4, 0.5) is 0 Å². The molecule has 0 saturated heterocycles. The maximum absolute atomic E-state index is 5.23. The molecule has 0 aliphatic heterocycles. The van der Waals surface area contributed by atoms with Gasteiger partial charge >= 0.3 is 35.6 Å². The third kappa shape index (κ3) is 5.93. The predicted molar refractivity (Wildman–Crippen MR) is 92.7 cm³/mol. The van der Waals surface area contributed by atoms with Crippen LogP contribution in [0.2, 0.25) is 18.6 Å². The van der Waals surface area contributed by atoms with Gasteiger partial charge in [0.25, 0.3) is 0 Å². The van der Waals surface area contributed by atoms with Crippen LogP contribution in [0.3, 0.4) is 0 Å². The van der Waals surface area contributed by atoms with Crippen molar-refractivity contribution in [3.8, 4) is 0 Å². The van der Waals surface area contributed by atoms with Gasteiger partial charge < -0.3 is 4.98 Å². The van der Waals surface area contributed by atoms with Crippen LogP contribution in [0.15, 0.2) is 0 Å². The first-order valence-electron chi connectivity index (χ1n) is 7.59. The molecule has 4 unspecified atom stereocenters. The van der Waals surface area contributed by atoms with Gasteiger partial charge in [0.2, 0.25) is 0 Å². The van der Waals surface area contributed by atoms with E-state index in [2.05, 4.69) is 61.6 Å². The summed E-state index contributed by atoms with van der Waals surface area (Å²) in [5, 5.41) is 0. The fourth-order valence-electron chi connectivity index (χ4n) is 4.32. The average molecular weight is 373 g/mol. The molecule has 1 fully saturated rings. The minimum atomic E-state index is -1.49. The third-order valence-electron chi connectivity index (χ3n) is 5.06. The van der Waals surface area contributed by atoms with Gasteiger partial charge in [-0.2, -0.15) is 0 Å². The Balaban J connectivity index is 0.00000110. The first-order chi connectivity index (χ1) is 8.89. The molecule has 1 aliphatic carbocycles. The van der Waals surface area contributed by atoms with Crippen molar-refractivity contribution in [1.82, 2.24) is 0 Å². The monoisotopic (exact) mass is 372 g/mol. The van der Waals surface area contributed by atoms with E-state index < -0.39 is 25.3 Å². The van der Waals surface area contributed by atoms with Gasteiger partial charge in [-0.05, 0) is 23.7 Å². The zero-order chi connectivity index (χ0) is 16.3. The summed E-state index contributed by atoms with van der Waals surface area (Å²) in [7, 11) is 8.29. The Hall–Kier alpha value is 1.47. The molecule has 1 nitrogen and oxygen atoms in total. The molecule has 120 valence electrons. The minimum absolute atomic E-state index is 0.129. The Labute approximate surface area is 144 Å². The fraction of sp³-hybridized carbons (Fsp3) is 1.00. The van der Waals surface area contributed by atoms with Crippen molar-refractivity contribution >= 4 is 26.8 Å². The van der Waals surface area contributed by atoms with E-state index in [0.717, 1.165) is 29.2 Å². The number of halogens is 2. The molecule has 0 N–H and O–H groups in total. The molecule has 0 amide bonds. The molecule has 1 aliphatic rings. The van der Waals surface area contributed by atoms with Gasteiger partial charge in [-0.1, -0.05) is 75.3 Å². The summed E-state index contributed by atoms with van der Waals surface area (Å²) in [6.45, 7) is 21.5. The maximum atomic E-state index is 5.23. The van der Waals surface area contributed by atoms with Crippen molar-refractivity contribution in [2.24, 2.45) is 23.7 Å². The van der Waals surface area contributed by atoms with Crippen molar-refractivity contribution in [2.45, 2.75) is 72.6 Å². The SMILES string of the molecule is CC1C(C)C(C)C([Si](C)(C)[N-]C(C)(C)C)C1C.[Cl][Ti][Cl]. The van der Waals surface area contributed by atoms with Gasteiger partial charge in [-0.25, -0.2) is 0 Å². The molecule has 0 radical (unpaired) electrons. The Morgan fingerprint density at radius 3 is 1.40 bits per heavy atom. The van der Waals surface area contributed by atoms with Crippen molar-refractivity contribution < 1.29 is 17.0 Å². The van der Waals surface area contributed by atoms with Crippen LogP contribution in [0.5, 0.6) is 0 Å². The van der Waals surface area contributed by atoms with Crippen LogP contribution in [0, 0.1) is 23.7 Å². The number of hydrogen-bond acceptors (Lipinski definition) is 0. The van der Waals surface area contributed by atoms with E-state index in [1.807, 2.05) is 0 Å². The van der Waals surface area contributed by atoms with E-state index >= 15 is 0 Å². The third-order valence-corrected chi connectivity index (χ3v) is 8.99. The molecule has 0 aromatic carbocycles. The van der Waals surface area contributed by atoms with Crippen molar-refractivity contribution in [2.75, 3.05) is 0 Å². The van der Waals surface area contributed by atoms with E-state index in [4.69, 9.17) is 23.6 Å². The molecule has 0 bridgehead atoms. The zero-order valence-corrected chi connectivity index (χ0v) is 18.7. The summed E-state index contributed by atoms with van der Waals surface area (Å²) >= 11 is -0.556. The van der Waals surface area contributed by atoms with E-state index in [0.29, 0.717) is 0 Å². The van der Waals surface area contributed by atoms with Crippen molar-refractivity contribution in [3.05, 3.63) is 4.98 Å². The Morgan fingerprint density at radius 2 is 1.15 bits per heavy atom. The van der Waals surface area contributed by atoms with E-state index in [9.17, 15) is 0 Å². The molecule has 0 spiro atoms. The van der Waals surface area contributed by atoms with Crippen LogP contribution in [0.25, 0.3) is 4.98 Å². The molecular weight excluding hydrogens is 341 g/mol. The summed E-state index contributed by atoms with van der Waals surface area (Å²) in [6, 6.07) is 0. The zero-order valence-electron chi connectivity index (χ0n) is 14.6. The predicted octanol–water partition coefficient (Wildman–Crippen LogP) is 6.67. The van der Waals surface area contributed by atoms with Crippen LogP contribution in [-0.4, -0.2) is 13.8 Å². The second-order valence-corrected chi connectivity index (χ2v) is 14.7.